The third kappa shape index (κ3) is 6.08. The van der Waals surface area contributed by atoms with Crippen LogP contribution < -0.4 is 10.0 Å². The minimum atomic E-state index is -3.34. The summed E-state index contributed by atoms with van der Waals surface area (Å²) in [5.41, 5.74) is 0.257. The first-order chi connectivity index (χ1) is 9.12. The molecule has 0 aliphatic heterocycles. The Morgan fingerprint density at radius 2 is 2.00 bits per heavy atom. The lowest BCUT2D eigenvalue weighted by Crippen LogP contribution is -2.43. The Morgan fingerprint density at radius 3 is 2.50 bits per heavy atom. The summed E-state index contributed by atoms with van der Waals surface area (Å²) in [6, 6.07) is 0.530. The van der Waals surface area contributed by atoms with E-state index < -0.39 is 10.2 Å². The van der Waals surface area contributed by atoms with E-state index in [4.69, 9.17) is 0 Å². The topological polar surface area (TPSA) is 61.4 Å². The maximum absolute atomic E-state index is 12.2. The molecule has 0 heterocycles. The highest BCUT2D eigenvalue weighted by molar-refractivity contribution is 7.87. The molecular weight excluding hydrogens is 274 g/mol. The molecule has 1 fully saturated rings. The van der Waals surface area contributed by atoms with Gasteiger partial charge in [0.2, 0.25) is 0 Å². The van der Waals surface area contributed by atoms with Crippen molar-refractivity contribution in [3.63, 3.8) is 0 Å². The molecular formula is C14H31N3O2S. The van der Waals surface area contributed by atoms with Crippen molar-refractivity contribution in [2.45, 2.75) is 65.5 Å². The zero-order valence-electron chi connectivity index (χ0n) is 13.6. The van der Waals surface area contributed by atoms with Gasteiger partial charge >= 0.3 is 0 Å². The van der Waals surface area contributed by atoms with Crippen LogP contribution in [0.4, 0.5) is 0 Å². The first kappa shape index (κ1) is 17.9. The van der Waals surface area contributed by atoms with Gasteiger partial charge in [0.1, 0.15) is 0 Å². The standard InChI is InChI=1S/C14H31N3O2S/c1-12(2)15-9-6-10-17(5)20(18,19)16-13-7-8-14(3,4)11-13/h12-13,15-16H,6-11H2,1-5H3. The first-order valence-corrected chi connectivity index (χ1v) is 9.03. The van der Waals surface area contributed by atoms with Crippen LogP contribution in [0.15, 0.2) is 0 Å². The predicted octanol–water partition coefficient (Wildman–Crippen LogP) is 1.72. The molecule has 120 valence electrons. The summed E-state index contributed by atoms with van der Waals surface area (Å²) < 4.78 is 28.7. The third-order valence-corrected chi connectivity index (χ3v) is 5.53. The molecule has 1 saturated carbocycles. The minimum absolute atomic E-state index is 0.0891. The summed E-state index contributed by atoms with van der Waals surface area (Å²) in [7, 11) is -1.69. The molecule has 2 N–H and O–H groups in total. The molecule has 20 heavy (non-hydrogen) atoms. The summed E-state index contributed by atoms with van der Waals surface area (Å²) in [6.07, 6.45) is 3.78. The zero-order valence-corrected chi connectivity index (χ0v) is 14.4. The second-order valence-corrected chi connectivity index (χ2v) is 8.82. The number of nitrogens with zero attached hydrogens (tertiary/aromatic N) is 1. The largest absolute Gasteiger partial charge is 0.314 e. The van der Waals surface area contributed by atoms with Gasteiger partial charge < -0.3 is 5.32 Å². The molecule has 1 atom stereocenters. The van der Waals surface area contributed by atoms with E-state index in [0.29, 0.717) is 12.6 Å². The Hall–Kier alpha value is -0.170. The van der Waals surface area contributed by atoms with Gasteiger partial charge in [0.05, 0.1) is 0 Å². The van der Waals surface area contributed by atoms with Crippen LogP contribution in [-0.4, -0.2) is 44.9 Å². The van der Waals surface area contributed by atoms with Gasteiger partial charge in [-0.1, -0.05) is 27.7 Å². The van der Waals surface area contributed by atoms with Crippen molar-refractivity contribution in [3.8, 4) is 0 Å². The number of rotatable bonds is 8. The van der Waals surface area contributed by atoms with Crippen molar-refractivity contribution in [2.75, 3.05) is 20.1 Å². The van der Waals surface area contributed by atoms with E-state index in [1.165, 1.54) is 4.31 Å². The minimum Gasteiger partial charge on any atom is -0.314 e. The summed E-state index contributed by atoms with van der Waals surface area (Å²) >= 11 is 0. The van der Waals surface area contributed by atoms with Crippen LogP contribution >= 0.6 is 0 Å². The Kier molecular flexibility index (Phi) is 6.44. The average molecular weight is 305 g/mol. The van der Waals surface area contributed by atoms with E-state index in [0.717, 1.165) is 32.2 Å². The van der Waals surface area contributed by atoms with Crippen LogP contribution in [0, 0.1) is 5.41 Å². The maximum Gasteiger partial charge on any atom is 0.279 e. The molecule has 5 nitrogen and oxygen atoms in total. The van der Waals surface area contributed by atoms with E-state index in [1.54, 1.807) is 7.05 Å². The van der Waals surface area contributed by atoms with E-state index in [9.17, 15) is 8.42 Å². The molecule has 1 rings (SSSR count). The van der Waals surface area contributed by atoms with Crippen LogP contribution in [0.25, 0.3) is 0 Å². The lowest BCUT2D eigenvalue weighted by molar-refractivity contribution is 0.369. The molecule has 0 radical (unpaired) electrons. The van der Waals surface area contributed by atoms with Crippen molar-refractivity contribution < 1.29 is 8.42 Å². The van der Waals surface area contributed by atoms with Gasteiger partial charge in [0, 0.05) is 25.7 Å². The fraction of sp³-hybridized carbons (Fsp3) is 1.00. The van der Waals surface area contributed by atoms with E-state index in [1.807, 2.05) is 0 Å². The van der Waals surface area contributed by atoms with Crippen LogP contribution in [0.5, 0.6) is 0 Å². The fourth-order valence-corrected chi connectivity index (χ4v) is 3.82. The highest BCUT2D eigenvalue weighted by Crippen LogP contribution is 2.37. The van der Waals surface area contributed by atoms with Gasteiger partial charge in [-0.2, -0.15) is 17.4 Å². The molecule has 0 amide bonds. The first-order valence-electron chi connectivity index (χ1n) is 7.59. The van der Waals surface area contributed by atoms with Crippen LogP contribution in [0.1, 0.15) is 53.4 Å². The molecule has 0 spiro atoms. The van der Waals surface area contributed by atoms with E-state index in [-0.39, 0.29) is 11.5 Å². The predicted molar refractivity (Wildman–Crippen MR) is 83.9 cm³/mol. The van der Waals surface area contributed by atoms with Crippen molar-refractivity contribution in [1.29, 1.82) is 0 Å². The monoisotopic (exact) mass is 305 g/mol. The number of nitrogens with one attached hydrogen (secondary N) is 2. The van der Waals surface area contributed by atoms with Crippen molar-refractivity contribution in [3.05, 3.63) is 0 Å². The van der Waals surface area contributed by atoms with E-state index in [2.05, 4.69) is 37.7 Å². The highest BCUT2D eigenvalue weighted by atomic mass is 32.2. The number of hydrogen-bond donors (Lipinski definition) is 2. The van der Waals surface area contributed by atoms with Crippen molar-refractivity contribution >= 4 is 10.2 Å². The summed E-state index contributed by atoms with van der Waals surface area (Å²) in [5, 5.41) is 3.29. The van der Waals surface area contributed by atoms with Crippen molar-refractivity contribution in [2.24, 2.45) is 5.41 Å². The molecule has 0 saturated heterocycles. The Bertz CT molecular complexity index is 393. The van der Waals surface area contributed by atoms with Crippen LogP contribution in [0.2, 0.25) is 0 Å². The molecule has 0 bridgehead atoms. The molecule has 0 aromatic rings. The number of hydrogen-bond acceptors (Lipinski definition) is 3. The van der Waals surface area contributed by atoms with Gasteiger partial charge in [-0.05, 0) is 37.6 Å². The smallest absolute Gasteiger partial charge is 0.279 e. The van der Waals surface area contributed by atoms with Crippen LogP contribution in [-0.2, 0) is 10.2 Å². The van der Waals surface area contributed by atoms with Crippen molar-refractivity contribution in [1.82, 2.24) is 14.3 Å². The molecule has 6 heteroatoms. The maximum atomic E-state index is 12.2. The fourth-order valence-electron chi connectivity index (χ4n) is 2.65. The van der Waals surface area contributed by atoms with Gasteiger partial charge in [-0.3, -0.25) is 0 Å². The summed E-state index contributed by atoms with van der Waals surface area (Å²) in [4.78, 5) is 0. The van der Waals surface area contributed by atoms with Gasteiger partial charge in [-0.15, -0.1) is 0 Å². The SMILES string of the molecule is CC(C)NCCCN(C)S(=O)(=O)NC1CCC(C)(C)C1. The molecule has 0 aromatic carbocycles. The lowest BCUT2D eigenvalue weighted by Gasteiger charge is -2.22. The lowest BCUT2D eigenvalue weighted by atomic mass is 9.92. The quantitative estimate of drug-likeness (QED) is 0.671. The molecule has 1 unspecified atom stereocenters. The Labute approximate surface area is 124 Å². The highest BCUT2D eigenvalue weighted by Gasteiger charge is 2.33. The Balaban J connectivity index is 2.36. The van der Waals surface area contributed by atoms with Gasteiger partial charge in [-0.25, -0.2) is 0 Å². The second kappa shape index (κ2) is 7.20. The zero-order chi connectivity index (χ0) is 15.4. The summed E-state index contributed by atoms with van der Waals surface area (Å²) in [5.74, 6) is 0. The molecule has 0 aromatic heterocycles. The van der Waals surface area contributed by atoms with Crippen LogP contribution in [0.3, 0.4) is 0 Å². The Morgan fingerprint density at radius 1 is 1.35 bits per heavy atom. The normalized spacial score (nSPS) is 22.9. The summed E-state index contributed by atoms with van der Waals surface area (Å²) in [6.45, 7) is 9.96. The third-order valence-electron chi connectivity index (χ3n) is 3.90. The van der Waals surface area contributed by atoms with E-state index >= 15 is 0 Å². The second-order valence-electron chi connectivity index (χ2n) is 7.01. The van der Waals surface area contributed by atoms with Gasteiger partial charge in [0.25, 0.3) is 10.2 Å². The molecule has 1 aliphatic rings. The van der Waals surface area contributed by atoms with Gasteiger partial charge in [0.15, 0.2) is 0 Å². The average Bonchev–Trinajstić information content (AvgIpc) is 2.62. The molecule has 1 aliphatic carbocycles.